The van der Waals surface area contributed by atoms with Gasteiger partial charge in [0.05, 0.1) is 0 Å². The largest absolute Gasteiger partial charge is 0.314 e. The molecular formula is C17H25ClN2. The van der Waals surface area contributed by atoms with E-state index in [1.165, 1.54) is 37.7 Å². The average Bonchev–Trinajstić information content (AvgIpc) is 2.52. The van der Waals surface area contributed by atoms with Gasteiger partial charge in [-0.2, -0.15) is 0 Å². The van der Waals surface area contributed by atoms with Gasteiger partial charge in [0.15, 0.2) is 0 Å². The molecule has 1 aromatic rings. The van der Waals surface area contributed by atoms with E-state index in [9.17, 15) is 0 Å². The molecular weight excluding hydrogens is 268 g/mol. The van der Waals surface area contributed by atoms with Crippen molar-refractivity contribution in [2.45, 2.75) is 38.1 Å². The summed E-state index contributed by atoms with van der Waals surface area (Å²) in [4.78, 5) is 2.66. The standard InChI is InChI=1S/C17H25ClN2/c18-16-9-5-4-8-15(16)17(14-6-2-1-3-7-14)20-12-10-19-11-13-20/h4-5,8-9,14,17,19H,1-3,6-7,10-13H2/t17-/m1/s1. The van der Waals surface area contributed by atoms with Crippen molar-refractivity contribution in [2.75, 3.05) is 26.2 Å². The molecule has 1 aromatic carbocycles. The fraction of sp³-hybridized carbons (Fsp3) is 0.647. The first kappa shape index (κ1) is 14.4. The third-order valence-electron chi connectivity index (χ3n) is 4.87. The Morgan fingerprint density at radius 3 is 2.45 bits per heavy atom. The van der Waals surface area contributed by atoms with Crippen LogP contribution in [-0.2, 0) is 0 Å². The minimum Gasteiger partial charge on any atom is -0.314 e. The number of nitrogens with one attached hydrogen (secondary N) is 1. The molecule has 0 spiro atoms. The zero-order chi connectivity index (χ0) is 13.8. The number of hydrogen-bond acceptors (Lipinski definition) is 2. The predicted molar refractivity (Wildman–Crippen MR) is 85.2 cm³/mol. The van der Waals surface area contributed by atoms with Crippen molar-refractivity contribution in [1.29, 1.82) is 0 Å². The van der Waals surface area contributed by atoms with Crippen LogP contribution in [0.1, 0.15) is 43.7 Å². The van der Waals surface area contributed by atoms with E-state index in [-0.39, 0.29) is 0 Å². The summed E-state index contributed by atoms with van der Waals surface area (Å²) < 4.78 is 0. The van der Waals surface area contributed by atoms with Gasteiger partial charge in [-0.05, 0) is 30.4 Å². The summed E-state index contributed by atoms with van der Waals surface area (Å²) in [5.74, 6) is 0.779. The molecule has 1 saturated heterocycles. The summed E-state index contributed by atoms with van der Waals surface area (Å²) in [5, 5.41) is 4.41. The molecule has 0 bridgehead atoms. The fourth-order valence-corrected chi connectivity index (χ4v) is 4.12. The normalized spacial score (nSPS) is 23.6. The van der Waals surface area contributed by atoms with E-state index in [1.807, 2.05) is 6.07 Å². The van der Waals surface area contributed by atoms with Crippen molar-refractivity contribution in [2.24, 2.45) is 5.92 Å². The van der Waals surface area contributed by atoms with Crippen LogP contribution in [0.25, 0.3) is 0 Å². The van der Waals surface area contributed by atoms with Crippen LogP contribution in [0.5, 0.6) is 0 Å². The summed E-state index contributed by atoms with van der Waals surface area (Å²) in [6.45, 7) is 4.50. The Kier molecular flexibility index (Phi) is 4.98. The summed E-state index contributed by atoms with van der Waals surface area (Å²) in [6.07, 6.45) is 6.91. The molecule has 1 atom stereocenters. The van der Waals surface area contributed by atoms with Crippen LogP contribution in [0.3, 0.4) is 0 Å². The Balaban J connectivity index is 1.87. The number of rotatable bonds is 3. The smallest absolute Gasteiger partial charge is 0.0453 e. The summed E-state index contributed by atoms with van der Waals surface area (Å²) in [6, 6.07) is 8.99. The first-order chi connectivity index (χ1) is 9.86. The average molecular weight is 293 g/mol. The molecule has 1 N–H and O–H groups in total. The highest BCUT2D eigenvalue weighted by Gasteiger charge is 2.31. The van der Waals surface area contributed by atoms with E-state index >= 15 is 0 Å². The maximum absolute atomic E-state index is 6.52. The van der Waals surface area contributed by atoms with Crippen molar-refractivity contribution in [3.8, 4) is 0 Å². The first-order valence-corrected chi connectivity index (χ1v) is 8.43. The summed E-state index contributed by atoms with van der Waals surface area (Å²) >= 11 is 6.52. The van der Waals surface area contributed by atoms with E-state index in [0.717, 1.165) is 37.1 Å². The maximum atomic E-state index is 6.52. The summed E-state index contributed by atoms with van der Waals surface area (Å²) in [7, 11) is 0. The Hall–Kier alpha value is -0.570. The van der Waals surface area contributed by atoms with E-state index in [2.05, 4.69) is 28.4 Å². The van der Waals surface area contributed by atoms with E-state index in [4.69, 9.17) is 11.6 Å². The highest BCUT2D eigenvalue weighted by Crippen LogP contribution is 2.40. The third-order valence-corrected chi connectivity index (χ3v) is 5.21. The van der Waals surface area contributed by atoms with Gasteiger partial charge < -0.3 is 5.32 Å². The SMILES string of the molecule is Clc1ccccc1[C@@H](C1CCCCC1)N1CCNCC1. The van der Waals surface area contributed by atoms with Gasteiger partial charge in [-0.1, -0.05) is 49.1 Å². The van der Waals surface area contributed by atoms with E-state index < -0.39 is 0 Å². The van der Waals surface area contributed by atoms with Crippen molar-refractivity contribution < 1.29 is 0 Å². The zero-order valence-corrected chi connectivity index (χ0v) is 12.9. The van der Waals surface area contributed by atoms with E-state index in [0.29, 0.717) is 6.04 Å². The second kappa shape index (κ2) is 6.93. The Morgan fingerprint density at radius 2 is 1.75 bits per heavy atom. The Labute approximate surface area is 127 Å². The topological polar surface area (TPSA) is 15.3 Å². The number of benzene rings is 1. The van der Waals surface area contributed by atoms with Crippen molar-refractivity contribution in [3.63, 3.8) is 0 Å². The minimum absolute atomic E-state index is 0.520. The second-order valence-corrected chi connectivity index (χ2v) is 6.56. The predicted octanol–water partition coefficient (Wildman–Crippen LogP) is 3.87. The Bertz CT molecular complexity index is 405. The summed E-state index contributed by atoms with van der Waals surface area (Å²) in [5.41, 5.74) is 1.35. The number of hydrogen-bond donors (Lipinski definition) is 1. The molecule has 20 heavy (non-hydrogen) atoms. The van der Waals surface area contributed by atoms with E-state index in [1.54, 1.807) is 0 Å². The molecule has 0 unspecified atom stereocenters. The van der Waals surface area contributed by atoms with Crippen LogP contribution in [-0.4, -0.2) is 31.1 Å². The molecule has 1 saturated carbocycles. The van der Waals surface area contributed by atoms with Crippen LogP contribution < -0.4 is 5.32 Å². The molecule has 2 fully saturated rings. The van der Waals surface area contributed by atoms with Crippen LogP contribution in [0.2, 0.25) is 5.02 Å². The fourth-order valence-electron chi connectivity index (χ4n) is 3.87. The lowest BCUT2D eigenvalue weighted by atomic mass is 9.80. The van der Waals surface area contributed by atoms with Gasteiger partial charge in [-0.25, -0.2) is 0 Å². The number of piperazine rings is 1. The number of nitrogens with zero attached hydrogens (tertiary/aromatic N) is 1. The van der Waals surface area contributed by atoms with Gasteiger partial charge >= 0.3 is 0 Å². The lowest BCUT2D eigenvalue weighted by Gasteiger charge is -2.41. The minimum atomic E-state index is 0.520. The molecule has 1 aliphatic heterocycles. The molecule has 0 amide bonds. The molecule has 0 aromatic heterocycles. The van der Waals surface area contributed by atoms with Gasteiger partial charge in [0, 0.05) is 37.2 Å². The lowest BCUT2D eigenvalue weighted by Crippen LogP contribution is -2.47. The van der Waals surface area contributed by atoms with Crippen molar-refractivity contribution >= 4 is 11.6 Å². The molecule has 110 valence electrons. The van der Waals surface area contributed by atoms with Gasteiger partial charge in [0.25, 0.3) is 0 Å². The lowest BCUT2D eigenvalue weighted by molar-refractivity contribution is 0.103. The monoisotopic (exact) mass is 292 g/mol. The second-order valence-electron chi connectivity index (χ2n) is 6.15. The van der Waals surface area contributed by atoms with Gasteiger partial charge in [0.1, 0.15) is 0 Å². The van der Waals surface area contributed by atoms with Gasteiger partial charge in [-0.15, -0.1) is 0 Å². The molecule has 1 aliphatic carbocycles. The molecule has 2 aliphatic rings. The van der Waals surface area contributed by atoms with Crippen LogP contribution in [0, 0.1) is 5.92 Å². The van der Waals surface area contributed by atoms with Crippen LogP contribution in [0.4, 0.5) is 0 Å². The zero-order valence-electron chi connectivity index (χ0n) is 12.2. The van der Waals surface area contributed by atoms with Crippen LogP contribution in [0.15, 0.2) is 24.3 Å². The first-order valence-electron chi connectivity index (χ1n) is 8.05. The Morgan fingerprint density at radius 1 is 1.05 bits per heavy atom. The molecule has 3 rings (SSSR count). The molecule has 0 radical (unpaired) electrons. The van der Waals surface area contributed by atoms with Crippen LogP contribution >= 0.6 is 11.6 Å². The highest BCUT2D eigenvalue weighted by atomic mass is 35.5. The quantitative estimate of drug-likeness (QED) is 0.910. The van der Waals surface area contributed by atoms with Gasteiger partial charge in [0.2, 0.25) is 0 Å². The third kappa shape index (κ3) is 3.19. The molecule has 3 heteroatoms. The maximum Gasteiger partial charge on any atom is 0.0453 e. The number of halogens is 1. The molecule has 2 nitrogen and oxygen atoms in total. The van der Waals surface area contributed by atoms with Crippen molar-refractivity contribution in [1.82, 2.24) is 10.2 Å². The van der Waals surface area contributed by atoms with Crippen molar-refractivity contribution in [3.05, 3.63) is 34.9 Å². The highest BCUT2D eigenvalue weighted by molar-refractivity contribution is 6.31. The molecule has 1 heterocycles. The van der Waals surface area contributed by atoms with Gasteiger partial charge in [-0.3, -0.25) is 4.90 Å².